The van der Waals surface area contributed by atoms with Gasteiger partial charge in [0.2, 0.25) is 0 Å². The average molecular weight is 275 g/mol. The lowest BCUT2D eigenvalue weighted by Crippen LogP contribution is -2.51. The minimum Gasteiger partial charge on any atom is -0.287 e. The van der Waals surface area contributed by atoms with Crippen LogP contribution in [0.25, 0.3) is 0 Å². The van der Waals surface area contributed by atoms with Crippen LogP contribution >= 0.6 is 0 Å². The molecule has 1 amide bonds. The highest BCUT2D eigenvalue weighted by atomic mass is 16.2. The van der Waals surface area contributed by atoms with E-state index >= 15 is 0 Å². The number of rotatable bonds is 4. The summed E-state index contributed by atoms with van der Waals surface area (Å²) in [5, 5.41) is 0. The Morgan fingerprint density at radius 2 is 2.00 bits per heavy atom. The molecule has 0 spiro atoms. The van der Waals surface area contributed by atoms with E-state index in [1.54, 1.807) is 24.5 Å². The van der Waals surface area contributed by atoms with Crippen LogP contribution < -0.4 is 10.9 Å². The zero-order valence-corrected chi connectivity index (χ0v) is 12.6. The molecule has 110 valence electrons. The Kier molecular flexibility index (Phi) is 5.12. The Morgan fingerprint density at radius 3 is 2.65 bits per heavy atom. The van der Waals surface area contributed by atoms with Crippen LogP contribution in [0.3, 0.4) is 0 Å². The molecule has 1 aromatic rings. The molecule has 1 saturated carbocycles. The number of aromatic nitrogens is 1. The Balaban J connectivity index is 1.92. The van der Waals surface area contributed by atoms with Crippen LogP contribution in [0.4, 0.5) is 0 Å². The average Bonchev–Trinajstić information content (AvgIpc) is 2.45. The van der Waals surface area contributed by atoms with Gasteiger partial charge in [-0.15, -0.1) is 0 Å². The van der Waals surface area contributed by atoms with Crippen molar-refractivity contribution in [1.29, 1.82) is 0 Å². The first-order valence-corrected chi connectivity index (χ1v) is 7.53. The van der Waals surface area contributed by atoms with Gasteiger partial charge in [-0.2, -0.15) is 0 Å². The number of hydrogen-bond acceptors (Lipinski definition) is 3. The van der Waals surface area contributed by atoms with Gasteiger partial charge < -0.3 is 0 Å². The van der Waals surface area contributed by atoms with Crippen molar-refractivity contribution in [1.82, 2.24) is 15.8 Å². The number of nitrogens with one attached hydrogen (secondary N) is 2. The summed E-state index contributed by atoms with van der Waals surface area (Å²) in [7, 11) is 0. The summed E-state index contributed by atoms with van der Waals surface area (Å²) >= 11 is 0. The van der Waals surface area contributed by atoms with Crippen molar-refractivity contribution in [2.45, 2.75) is 46.1 Å². The number of carbonyl (C=O) groups excluding carboxylic acids is 1. The Bertz CT molecular complexity index is 433. The number of nitrogens with zero attached hydrogens (tertiary/aromatic N) is 1. The summed E-state index contributed by atoms with van der Waals surface area (Å²) in [6.07, 6.45) is 6.92. The lowest BCUT2D eigenvalue weighted by molar-refractivity contribution is 0.0882. The molecule has 3 unspecified atom stereocenters. The summed E-state index contributed by atoms with van der Waals surface area (Å²) in [6, 6.07) is 3.81. The van der Waals surface area contributed by atoms with E-state index in [1.165, 1.54) is 12.8 Å². The van der Waals surface area contributed by atoms with Crippen LogP contribution in [0.15, 0.2) is 24.5 Å². The molecule has 1 aliphatic carbocycles. The quantitative estimate of drug-likeness (QED) is 0.831. The van der Waals surface area contributed by atoms with E-state index in [4.69, 9.17) is 0 Å². The number of amides is 1. The molecule has 1 fully saturated rings. The molecule has 1 heterocycles. The predicted octanol–water partition coefficient (Wildman–Crippen LogP) is 2.78. The monoisotopic (exact) mass is 275 g/mol. The minimum atomic E-state index is -0.0897. The van der Waals surface area contributed by atoms with E-state index in [2.05, 4.69) is 36.6 Å². The highest BCUT2D eigenvalue weighted by Crippen LogP contribution is 2.33. The molecule has 4 heteroatoms. The van der Waals surface area contributed by atoms with Crippen molar-refractivity contribution < 1.29 is 4.79 Å². The van der Waals surface area contributed by atoms with Crippen LogP contribution in [0.1, 0.15) is 50.4 Å². The molecule has 0 aromatic carbocycles. The van der Waals surface area contributed by atoms with Gasteiger partial charge in [0.25, 0.3) is 5.91 Å². The molecule has 20 heavy (non-hydrogen) atoms. The zero-order chi connectivity index (χ0) is 14.5. The van der Waals surface area contributed by atoms with E-state index in [-0.39, 0.29) is 5.91 Å². The topological polar surface area (TPSA) is 54.0 Å². The summed E-state index contributed by atoms with van der Waals surface area (Å²) in [6.45, 7) is 6.82. The van der Waals surface area contributed by atoms with Crippen LogP contribution in [0.2, 0.25) is 0 Å². The number of hydrazine groups is 1. The minimum absolute atomic E-state index is 0.0897. The van der Waals surface area contributed by atoms with E-state index in [0.29, 0.717) is 23.4 Å². The van der Waals surface area contributed by atoms with Gasteiger partial charge in [-0.05, 0) is 42.7 Å². The summed E-state index contributed by atoms with van der Waals surface area (Å²) in [5.41, 5.74) is 6.76. The molecule has 0 aliphatic heterocycles. The largest absolute Gasteiger partial charge is 0.287 e. The zero-order valence-electron chi connectivity index (χ0n) is 12.6. The fourth-order valence-corrected chi connectivity index (χ4v) is 3.10. The highest BCUT2D eigenvalue weighted by molar-refractivity contribution is 5.93. The highest BCUT2D eigenvalue weighted by Gasteiger charge is 2.30. The number of carbonyl (C=O) groups is 1. The van der Waals surface area contributed by atoms with E-state index in [0.717, 1.165) is 12.3 Å². The second kappa shape index (κ2) is 6.84. The predicted molar refractivity (Wildman–Crippen MR) is 80.0 cm³/mol. The van der Waals surface area contributed by atoms with Crippen molar-refractivity contribution in [2.75, 3.05) is 0 Å². The fourth-order valence-electron chi connectivity index (χ4n) is 3.10. The van der Waals surface area contributed by atoms with Crippen LogP contribution in [0.5, 0.6) is 0 Å². The summed E-state index contributed by atoms with van der Waals surface area (Å²) in [5.74, 6) is 1.90. The third-order valence-corrected chi connectivity index (χ3v) is 4.34. The summed E-state index contributed by atoms with van der Waals surface area (Å²) < 4.78 is 0. The van der Waals surface area contributed by atoms with Gasteiger partial charge in [0, 0.05) is 24.0 Å². The Hall–Kier alpha value is -1.42. The number of pyridine rings is 1. The maximum atomic E-state index is 12.0. The molecule has 0 saturated heterocycles. The van der Waals surface area contributed by atoms with Crippen LogP contribution in [-0.4, -0.2) is 16.9 Å². The first-order chi connectivity index (χ1) is 9.58. The van der Waals surface area contributed by atoms with E-state index in [9.17, 15) is 4.79 Å². The SMILES string of the molecule is CC1CCC(C(C)C)C(NNC(=O)c2ccncc2)C1. The lowest BCUT2D eigenvalue weighted by atomic mass is 9.74. The maximum absolute atomic E-state index is 12.0. The Labute approximate surface area is 121 Å². The van der Waals surface area contributed by atoms with Crippen molar-refractivity contribution in [2.24, 2.45) is 17.8 Å². The molecule has 1 aliphatic rings. The van der Waals surface area contributed by atoms with Gasteiger partial charge in [0.1, 0.15) is 0 Å². The van der Waals surface area contributed by atoms with Gasteiger partial charge in [-0.1, -0.05) is 27.2 Å². The molecule has 0 radical (unpaired) electrons. The Morgan fingerprint density at radius 1 is 1.30 bits per heavy atom. The van der Waals surface area contributed by atoms with Gasteiger partial charge in [0.05, 0.1) is 0 Å². The van der Waals surface area contributed by atoms with Crippen molar-refractivity contribution in [3.8, 4) is 0 Å². The normalized spacial score (nSPS) is 26.5. The smallest absolute Gasteiger partial charge is 0.265 e. The molecule has 0 bridgehead atoms. The third kappa shape index (κ3) is 3.79. The van der Waals surface area contributed by atoms with Gasteiger partial charge >= 0.3 is 0 Å². The van der Waals surface area contributed by atoms with E-state index in [1.807, 2.05) is 0 Å². The van der Waals surface area contributed by atoms with Gasteiger partial charge in [0.15, 0.2) is 0 Å². The van der Waals surface area contributed by atoms with Gasteiger partial charge in [-0.3, -0.25) is 15.2 Å². The maximum Gasteiger partial charge on any atom is 0.265 e. The first kappa shape index (κ1) is 15.0. The van der Waals surface area contributed by atoms with Crippen molar-refractivity contribution in [3.63, 3.8) is 0 Å². The lowest BCUT2D eigenvalue weighted by Gasteiger charge is -2.37. The molecular weight excluding hydrogens is 250 g/mol. The van der Waals surface area contributed by atoms with Crippen LogP contribution in [-0.2, 0) is 0 Å². The van der Waals surface area contributed by atoms with E-state index < -0.39 is 0 Å². The first-order valence-electron chi connectivity index (χ1n) is 7.53. The standard InChI is InChI=1S/C16H25N3O/c1-11(2)14-5-4-12(3)10-15(14)18-19-16(20)13-6-8-17-9-7-13/h6-9,11-12,14-15,18H,4-5,10H2,1-3H3,(H,19,20). The van der Waals surface area contributed by atoms with Gasteiger partial charge in [-0.25, -0.2) is 5.43 Å². The van der Waals surface area contributed by atoms with Crippen molar-refractivity contribution >= 4 is 5.91 Å². The van der Waals surface area contributed by atoms with Crippen LogP contribution in [0, 0.1) is 17.8 Å². The molecule has 1 aromatic heterocycles. The molecular formula is C16H25N3O. The second-order valence-corrected chi connectivity index (χ2v) is 6.27. The summed E-state index contributed by atoms with van der Waals surface area (Å²) in [4.78, 5) is 16.0. The molecule has 2 N–H and O–H groups in total. The molecule has 4 nitrogen and oxygen atoms in total. The third-order valence-electron chi connectivity index (χ3n) is 4.34. The van der Waals surface area contributed by atoms with Crippen molar-refractivity contribution in [3.05, 3.63) is 30.1 Å². The molecule has 3 atom stereocenters. The fraction of sp³-hybridized carbons (Fsp3) is 0.625. The number of hydrogen-bond donors (Lipinski definition) is 2. The second-order valence-electron chi connectivity index (χ2n) is 6.27. The molecule has 2 rings (SSSR count).